The lowest BCUT2D eigenvalue weighted by Crippen LogP contribution is -2.05. The van der Waals surface area contributed by atoms with Crippen LogP contribution in [0.5, 0.6) is 0 Å². The van der Waals surface area contributed by atoms with Gasteiger partial charge in [-0.15, -0.1) is 11.3 Å². The maximum absolute atomic E-state index is 5.72. The van der Waals surface area contributed by atoms with Crippen LogP contribution in [-0.2, 0) is 0 Å². The summed E-state index contributed by atoms with van der Waals surface area (Å²) < 4.78 is 1.98. The molecule has 0 aliphatic rings. The van der Waals surface area contributed by atoms with E-state index in [2.05, 4.69) is 4.98 Å². The number of thiazole rings is 1. The van der Waals surface area contributed by atoms with Crippen LogP contribution in [0.3, 0.4) is 0 Å². The van der Waals surface area contributed by atoms with Gasteiger partial charge in [-0.05, 0) is 19.1 Å². The number of rotatable bonds is 2. The molecule has 1 unspecified atom stereocenters. The molecule has 2 rings (SSSR count). The predicted molar refractivity (Wildman–Crippen MR) is 54.0 cm³/mol. The minimum atomic E-state index is 0.0144. The van der Waals surface area contributed by atoms with Gasteiger partial charge in [-0.25, -0.2) is 4.98 Å². The summed E-state index contributed by atoms with van der Waals surface area (Å²) in [5, 5.41) is 2.97. The third-order valence-electron chi connectivity index (χ3n) is 1.80. The number of hydrogen-bond acceptors (Lipinski definition) is 3. The van der Waals surface area contributed by atoms with Gasteiger partial charge in [0, 0.05) is 23.8 Å². The van der Waals surface area contributed by atoms with Crippen molar-refractivity contribution in [1.82, 2.24) is 9.55 Å². The average molecular weight is 193 g/mol. The SMILES string of the molecule is CC(N)c1csc(-n2cccc2)n1. The highest BCUT2D eigenvalue weighted by molar-refractivity contribution is 7.12. The molecular formula is C9H11N3S. The Balaban J connectivity index is 2.33. The first kappa shape index (κ1) is 8.47. The fourth-order valence-electron chi connectivity index (χ4n) is 1.07. The first-order valence-electron chi connectivity index (χ1n) is 4.12. The minimum absolute atomic E-state index is 0.0144. The summed E-state index contributed by atoms with van der Waals surface area (Å²) in [4.78, 5) is 4.41. The van der Waals surface area contributed by atoms with E-state index in [-0.39, 0.29) is 6.04 Å². The van der Waals surface area contributed by atoms with Gasteiger partial charge in [-0.3, -0.25) is 0 Å². The van der Waals surface area contributed by atoms with Crippen LogP contribution in [0.4, 0.5) is 0 Å². The molecule has 2 aromatic heterocycles. The maximum Gasteiger partial charge on any atom is 0.193 e. The zero-order valence-corrected chi connectivity index (χ0v) is 8.16. The van der Waals surface area contributed by atoms with Gasteiger partial charge in [-0.1, -0.05) is 0 Å². The lowest BCUT2D eigenvalue weighted by molar-refractivity contribution is 0.784. The van der Waals surface area contributed by atoms with E-state index < -0.39 is 0 Å². The fraction of sp³-hybridized carbons (Fsp3) is 0.222. The third kappa shape index (κ3) is 1.64. The molecule has 2 N–H and O–H groups in total. The summed E-state index contributed by atoms with van der Waals surface area (Å²) >= 11 is 1.61. The summed E-state index contributed by atoms with van der Waals surface area (Å²) in [5.41, 5.74) is 6.67. The zero-order chi connectivity index (χ0) is 9.26. The highest BCUT2D eigenvalue weighted by Gasteiger charge is 2.05. The van der Waals surface area contributed by atoms with Gasteiger partial charge in [-0.2, -0.15) is 0 Å². The van der Waals surface area contributed by atoms with Crippen LogP contribution < -0.4 is 5.73 Å². The second-order valence-electron chi connectivity index (χ2n) is 2.93. The lowest BCUT2D eigenvalue weighted by atomic mass is 10.3. The van der Waals surface area contributed by atoms with Crippen molar-refractivity contribution < 1.29 is 0 Å². The van der Waals surface area contributed by atoms with Gasteiger partial charge in [0.05, 0.1) is 5.69 Å². The van der Waals surface area contributed by atoms with Crippen LogP contribution in [0.15, 0.2) is 29.9 Å². The second-order valence-corrected chi connectivity index (χ2v) is 3.77. The molecule has 0 aliphatic carbocycles. The van der Waals surface area contributed by atoms with Crippen LogP contribution in [-0.4, -0.2) is 9.55 Å². The summed E-state index contributed by atoms with van der Waals surface area (Å²) in [7, 11) is 0. The van der Waals surface area contributed by atoms with E-state index in [1.807, 2.05) is 41.4 Å². The van der Waals surface area contributed by atoms with E-state index in [4.69, 9.17) is 5.73 Å². The van der Waals surface area contributed by atoms with Crippen LogP contribution in [0, 0.1) is 0 Å². The first-order valence-corrected chi connectivity index (χ1v) is 4.99. The Morgan fingerprint density at radius 1 is 1.46 bits per heavy atom. The van der Waals surface area contributed by atoms with Crippen molar-refractivity contribution in [3.8, 4) is 5.13 Å². The molecule has 0 saturated carbocycles. The molecular weight excluding hydrogens is 182 g/mol. The van der Waals surface area contributed by atoms with Crippen molar-refractivity contribution in [3.63, 3.8) is 0 Å². The number of nitrogens with two attached hydrogens (primary N) is 1. The molecule has 0 aromatic carbocycles. The first-order chi connectivity index (χ1) is 6.27. The standard InChI is InChI=1S/C9H11N3S/c1-7(10)8-6-13-9(11-8)12-4-2-3-5-12/h2-7H,10H2,1H3. The highest BCUT2D eigenvalue weighted by atomic mass is 32.1. The molecule has 3 nitrogen and oxygen atoms in total. The average Bonchev–Trinajstić information content (AvgIpc) is 2.75. The lowest BCUT2D eigenvalue weighted by Gasteiger charge is -1.98. The Morgan fingerprint density at radius 3 is 2.69 bits per heavy atom. The predicted octanol–water partition coefficient (Wildman–Crippen LogP) is 1.95. The summed E-state index contributed by atoms with van der Waals surface area (Å²) in [5.74, 6) is 0. The van der Waals surface area contributed by atoms with E-state index in [1.165, 1.54) is 0 Å². The molecule has 0 spiro atoms. The molecule has 68 valence electrons. The van der Waals surface area contributed by atoms with Gasteiger partial charge in [0.25, 0.3) is 0 Å². The number of hydrogen-bond donors (Lipinski definition) is 1. The van der Waals surface area contributed by atoms with E-state index in [9.17, 15) is 0 Å². The van der Waals surface area contributed by atoms with Crippen molar-refractivity contribution >= 4 is 11.3 Å². The molecule has 4 heteroatoms. The quantitative estimate of drug-likeness (QED) is 0.792. The van der Waals surface area contributed by atoms with Gasteiger partial charge in [0.15, 0.2) is 5.13 Å². The van der Waals surface area contributed by atoms with Crippen LogP contribution in [0.1, 0.15) is 18.7 Å². The van der Waals surface area contributed by atoms with Crippen LogP contribution in [0.2, 0.25) is 0 Å². The Labute approximate surface area is 80.8 Å². The van der Waals surface area contributed by atoms with E-state index in [0.29, 0.717) is 0 Å². The topological polar surface area (TPSA) is 43.8 Å². The summed E-state index contributed by atoms with van der Waals surface area (Å²) in [6, 6.07) is 3.97. The molecule has 2 heterocycles. The van der Waals surface area contributed by atoms with Crippen molar-refractivity contribution in [1.29, 1.82) is 0 Å². The Bertz CT molecular complexity index is 375. The second kappa shape index (κ2) is 3.32. The molecule has 0 aliphatic heterocycles. The molecule has 0 saturated heterocycles. The van der Waals surface area contributed by atoms with Crippen molar-refractivity contribution in [2.75, 3.05) is 0 Å². The normalized spacial score (nSPS) is 13.1. The molecule has 0 amide bonds. The fourth-order valence-corrected chi connectivity index (χ4v) is 1.96. The highest BCUT2D eigenvalue weighted by Crippen LogP contribution is 2.18. The van der Waals surface area contributed by atoms with Crippen molar-refractivity contribution in [2.45, 2.75) is 13.0 Å². The van der Waals surface area contributed by atoms with E-state index in [0.717, 1.165) is 10.8 Å². The third-order valence-corrected chi connectivity index (χ3v) is 2.67. The summed E-state index contributed by atoms with van der Waals surface area (Å²) in [6.07, 6.45) is 3.95. The number of aromatic nitrogens is 2. The minimum Gasteiger partial charge on any atom is -0.323 e. The zero-order valence-electron chi connectivity index (χ0n) is 7.34. The molecule has 0 fully saturated rings. The molecule has 13 heavy (non-hydrogen) atoms. The Hall–Kier alpha value is -1.13. The van der Waals surface area contributed by atoms with Gasteiger partial charge in [0.1, 0.15) is 0 Å². The molecule has 2 aromatic rings. The largest absolute Gasteiger partial charge is 0.323 e. The monoisotopic (exact) mass is 193 g/mol. The van der Waals surface area contributed by atoms with E-state index in [1.54, 1.807) is 11.3 Å². The smallest absolute Gasteiger partial charge is 0.193 e. The number of nitrogens with zero attached hydrogens (tertiary/aromatic N) is 2. The molecule has 0 radical (unpaired) electrons. The van der Waals surface area contributed by atoms with Crippen LogP contribution in [0.25, 0.3) is 5.13 Å². The van der Waals surface area contributed by atoms with Gasteiger partial charge in [0.2, 0.25) is 0 Å². The maximum atomic E-state index is 5.72. The van der Waals surface area contributed by atoms with Gasteiger partial charge >= 0.3 is 0 Å². The van der Waals surface area contributed by atoms with Gasteiger partial charge < -0.3 is 10.3 Å². The van der Waals surface area contributed by atoms with Crippen molar-refractivity contribution in [3.05, 3.63) is 35.6 Å². The Morgan fingerprint density at radius 2 is 2.15 bits per heavy atom. The molecule has 0 bridgehead atoms. The Kier molecular flexibility index (Phi) is 2.16. The molecule has 1 atom stereocenters. The summed E-state index contributed by atoms with van der Waals surface area (Å²) in [6.45, 7) is 1.94. The van der Waals surface area contributed by atoms with Crippen molar-refractivity contribution in [2.24, 2.45) is 5.73 Å². The van der Waals surface area contributed by atoms with Crippen LogP contribution >= 0.6 is 11.3 Å². The van der Waals surface area contributed by atoms with E-state index >= 15 is 0 Å².